The molecular weight excluding hydrogens is 226 g/mol. The lowest BCUT2D eigenvalue weighted by molar-refractivity contribution is 0.0443. The molecule has 2 rings (SSSR count). The van der Waals surface area contributed by atoms with Gasteiger partial charge in [0.05, 0.1) is 12.2 Å². The molecule has 98 valence electrons. The highest BCUT2D eigenvalue weighted by Crippen LogP contribution is 2.23. The molecule has 0 bridgehead atoms. The van der Waals surface area contributed by atoms with E-state index in [0.717, 1.165) is 31.5 Å². The van der Waals surface area contributed by atoms with Crippen molar-refractivity contribution >= 4 is 11.7 Å². The van der Waals surface area contributed by atoms with Crippen molar-refractivity contribution in [2.75, 3.05) is 18.5 Å². The van der Waals surface area contributed by atoms with E-state index < -0.39 is 0 Å². The van der Waals surface area contributed by atoms with Crippen LogP contribution in [0, 0.1) is 5.92 Å². The minimum absolute atomic E-state index is 0.201. The fourth-order valence-corrected chi connectivity index (χ4v) is 2.31. The Morgan fingerprint density at radius 3 is 3.11 bits per heavy atom. The predicted molar refractivity (Wildman–Crippen MR) is 73.0 cm³/mol. The van der Waals surface area contributed by atoms with Crippen molar-refractivity contribution in [2.24, 2.45) is 5.92 Å². The molecule has 1 heterocycles. The molecule has 0 saturated heterocycles. The van der Waals surface area contributed by atoms with Crippen molar-refractivity contribution in [3.05, 3.63) is 29.3 Å². The molecule has 1 aromatic carbocycles. The van der Waals surface area contributed by atoms with E-state index in [9.17, 15) is 4.79 Å². The summed E-state index contributed by atoms with van der Waals surface area (Å²) in [5.41, 5.74) is 3.03. The van der Waals surface area contributed by atoms with Gasteiger partial charge in [-0.05, 0) is 42.5 Å². The van der Waals surface area contributed by atoms with Crippen LogP contribution in [0.5, 0.6) is 0 Å². The van der Waals surface area contributed by atoms with E-state index in [1.165, 1.54) is 5.56 Å². The minimum Gasteiger partial charge on any atom is -0.462 e. The van der Waals surface area contributed by atoms with Gasteiger partial charge < -0.3 is 10.1 Å². The molecule has 1 unspecified atom stereocenters. The van der Waals surface area contributed by atoms with Crippen molar-refractivity contribution in [3.8, 4) is 0 Å². The number of anilines is 1. The highest BCUT2D eigenvalue weighted by atomic mass is 16.5. The first-order chi connectivity index (χ1) is 8.70. The van der Waals surface area contributed by atoms with Crippen LogP contribution in [0.2, 0.25) is 0 Å². The summed E-state index contributed by atoms with van der Waals surface area (Å²) in [4.78, 5) is 11.9. The fourth-order valence-electron chi connectivity index (χ4n) is 2.31. The summed E-state index contributed by atoms with van der Waals surface area (Å²) in [6, 6.07) is 5.75. The first-order valence-corrected chi connectivity index (χ1v) is 6.74. The summed E-state index contributed by atoms with van der Waals surface area (Å²) in [6.07, 6.45) is 3.22. The summed E-state index contributed by atoms with van der Waals surface area (Å²) in [7, 11) is 0. The van der Waals surface area contributed by atoms with Crippen LogP contribution in [0.15, 0.2) is 18.2 Å². The average Bonchev–Trinajstić information content (AvgIpc) is 2.83. The second-order valence-corrected chi connectivity index (χ2v) is 5.04. The number of hydrogen-bond donors (Lipinski definition) is 1. The van der Waals surface area contributed by atoms with Crippen LogP contribution in [0.4, 0.5) is 5.69 Å². The molecule has 1 atom stereocenters. The Balaban J connectivity index is 1.93. The SMILES string of the molecule is CCCC(C)COC(=O)c1ccc2c(c1)CCN2. The van der Waals surface area contributed by atoms with Gasteiger partial charge in [-0.15, -0.1) is 0 Å². The van der Waals surface area contributed by atoms with Crippen molar-refractivity contribution in [1.29, 1.82) is 0 Å². The molecule has 3 heteroatoms. The molecule has 0 radical (unpaired) electrons. The molecule has 0 spiro atoms. The second kappa shape index (κ2) is 5.89. The van der Waals surface area contributed by atoms with Crippen molar-refractivity contribution in [3.63, 3.8) is 0 Å². The van der Waals surface area contributed by atoms with E-state index in [-0.39, 0.29) is 5.97 Å². The summed E-state index contributed by atoms with van der Waals surface area (Å²) in [6.45, 7) is 5.73. The maximum Gasteiger partial charge on any atom is 0.338 e. The van der Waals surface area contributed by atoms with Crippen LogP contribution < -0.4 is 5.32 Å². The summed E-state index contributed by atoms with van der Waals surface area (Å²) < 4.78 is 5.34. The Hall–Kier alpha value is -1.51. The molecule has 1 aromatic rings. The molecule has 1 aliphatic heterocycles. The Labute approximate surface area is 109 Å². The van der Waals surface area contributed by atoms with Crippen molar-refractivity contribution < 1.29 is 9.53 Å². The van der Waals surface area contributed by atoms with Crippen LogP contribution in [-0.4, -0.2) is 19.1 Å². The molecule has 0 aliphatic carbocycles. The summed E-state index contributed by atoms with van der Waals surface area (Å²) >= 11 is 0. The standard InChI is InChI=1S/C15H21NO2/c1-3-4-11(2)10-18-15(17)13-5-6-14-12(9-13)7-8-16-14/h5-6,9,11,16H,3-4,7-8,10H2,1-2H3. The van der Waals surface area contributed by atoms with Crippen LogP contribution >= 0.6 is 0 Å². The lowest BCUT2D eigenvalue weighted by atomic mass is 10.1. The highest BCUT2D eigenvalue weighted by Gasteiger charge is 2.14. The van der Waals surface area contributed by atoms with E-state index in [0.29, 0.717) is 18.1 Å². The normalized spacial score (nSPS) is 14.8. The number of carbonyl (C=O) groups excluding carboxylic acids is 1. The molecule has 0 saturated carbocycles. The third-order valence-electron chi connectivity index (χ3n) is 3.33. The van der Waals surface area contributed by atoms with Gasteiger partial charge in [-0.3, -0.25) is 0 Å². The van der Waals surface area contributed by atoms with Crippen LogP contribution in [0.25, 0.3) is 0 Å². The smallest absolute Gasteiger partial charge is 0.338 e. The number of esters is 1. The van der Waals surface area contributed by atoms with Gasteiger partial charge in [-0.2, -0.15) is 0 Å². The largest absolute Gasteiger partial charge is 0.462 e. The van der Waals surface area contributed by atoms with Crippen molar-refractivity contribution in [2.45, 2.75) is 33.1 Å². The predicted octanol–water partition coefficient (Wildman–Crippen LogP) is 3.25. The monoisotopic (exact) mass is 247 g/mol. The van der Waals surface area contributed by atoms with Crippen molar-refractivity contribution in [1.82, 2.24) is 0 Å². The number of ether oxygens (including phenoxy) is 1. The Morgan fingerprint density at radius 1 is 1.50 bits per heavy atom. The second-order valence-electron chi connectivity index (χ2n) is 5.04. The first-order valence-electron chi connectivity index (χ1n) is 6.74. The van der Waals surface area contributed by atoms with Gasteiger partial charge >= 0.3 is 5.97 Å². The van der Waals surface area contributed by atoms with Crippen LogP contribution in [-0.2, 0) is 11.2 Å². The third-order valence-corrected chi connectivity index (χ3v) is 3.33. The van der Waals surface area contributed by atoms with E-state index in [1.54, 1.807) is 0 Å². The topological polar surface area (TPSA) is 38.3 Å². The highest BCUT2D eigenvalue weighted by molar-refractivity contribution is 5.90. The summed E-state index contributed by atoms with van der Waals surface area (Å²) in [5.74, 6) is 0.239. The maximum atomic E-state index is 11.9. The average molecular weight is 247 g/mol. The van der Waals surface area contributed by atoms with Gasteiger partial charge in [-0.25, -0.2) is 4.79 Å². The number of hydrogen-bond acceptors (Lipinski definition) is 3. The quantitative estimate of drug-likeness (QED) is 0.812. The van der Waals surface area contributed by atoms with Crippen LogP contribution in [0.3, 0.4) is 0 Å². The Kier molecular flexibility index (Phi) is 4.24. The molecule has 18 heavy (non-hydrogen) atoms. The fraction of sp³-hybridized carbons (Fsp3) is 0.533. The van der Waals surface area contributed by atoms with E-state index in [2.05, 4.69) is 19.2 Å². The number of carbonyl (C=O) groups is 1. The zero-order chi connectivity index (χ0) is 13.0. The Bertz CT molecular complexity index is 429. The molecule has 3 nitrogen and oxygen atoms in total. The first kappa shape index (κ1) is 12.9. The zero-order valence-corrected chi connectivity index (χ0v) is 11.2. The molecule has 0 fully saturated rings. The zero-order valence-electron chi connectivity index (χ0n) is 11.2. The van der Waals surface area contributed by atoms with Gasteiger partial charge in [0.25, 0.3) is 0 Å². The number of nitrogens with one attached hydrogen (secondary N) is 1. The van der Waals surface area contributed by atoms with Gasteiger partial charge in [0.1, 0.15) is 0 Å². The molecular formula is C15H21NO2. The number of benzene rings is 1. The van der Waals surface area contributed by atoms with Gasteiger partial charge in [-0.1, -0.05) is 20.3 Å². The molecule has 0 aromatic heterocycles. The molecule has 1 N–H and O–H groups in total. The van der Waals surface area contributed by atoms with Gasteiger partial charge in [0.15, 0.2) is 0 Å². The molecule has 1 aliphatic rings. The lowest BCUT2D eigenvalue weighted by Gasteiger charge is -2.11. The minimum atomic E-state index is -0.201. The van der Waals surface area contributed by atoms with Gasteiger partial charge in [0.2, 0.25) is 0 Å². The third kappa shape index (κ3) is 3.03. The number of rotatable bonds is 5. The Morgan fingerprint density at radius 2 is 2.33 bits per heavy atom. The van der Waals surface area contributed by atoms with Gasteiger partial charge in [0, 0.05) is 12.2 Å². The maximum absolute atomic E-state index is 11.9. The summed E-state index contributed by atoms with van der Waals surface area (Å²) in [5, 5.41) is 3.28. The van der Waals surface area contributed by atoms with Crippen LogP contribution in [0.1, 0.15) is 42.6 Å². The molecule has 0 amide bonds. The van der Waals surface area contributed by atoms with E-state index in [4.69, 9.17) is 4.74 Å². The number of fused-ring (bicyclic) bond motifs is 1. The van der Waals surface area contributed by atoms with E-state index in [1.807, 2.05) is 18.2 Å². The van der Waals surface area contributed by atoms with E-state index >= 15 is 0 Å². The lowest BCUT2D eigenvalue weighted by Crippen LogP contribution is -2.12.